The molecule has 0 saturated carbocycles. The molecule has 0 amide bonds. The molecule has 0 aromatic heterocycles. The fourth-order valence-corrected chi connectivity index (χ4v) is 2.49. The first-order chi connectivity index (χ1) is 8.15. The van der Waals surface area contributed by atoms with E-state index in [-0.39, 0.29) is 0 Å². The summed E-state index contributed by atoms with van der Waals surface area (Å²) >= 11 is 10.3. The van der Waals surface area contributed by atoms with Gasteiger partial charge in [-0.1, -0.05) is 28.1 Å². The van der Waals surface area contributed by atoms with Crippen LogP contribution in [0.1, 0.15) is 18.4 Å². The molecular weight excluding hydrogens is 316 g/mol. The van der Waals surface area contributed by atoms with E-state index in [0.29, 0.717) is 4.99 Å². The average molecular weight is 333 g/mol. The highest BCUT2D eigenvalue weighted by molar-refractivity contribution is 9.10. The van der Waals surface area contributed by atoms with E-state index in [1.165, 1.54) is 12.2 Å². The number of nitrogens with two attached hydrogens (primary N) is 1. The van der Waals surface area contributed by atoms with Crippen LogP contribution in [0.2, 0.25) is 0 Å². The Morgan fingerprint density at radius 3 is 2.88 bits per heavy atom. The van der Waals surface area contributed by atoms with Crippen LogP contribution in [-0.4, -0.2) is 23.5 Å². The number of anilines is 1. The van der Waals surface area contributed by atoms with Crippen molar-refractivity contribution in [2.45, 2.75) is 12.8 Å². The molecule has 2 nitrogen and oxygen atoms in total. The van der Waals surface area contributed by atoms with Crippen LogP contribution >= 0.6 is 39.9 Å². The van der Waals surface area contributed by atoms with Crippen molar-refractivity contribution >= 4 is 50.6 Å². The lowest BCUT2D eigenvalue weighted by atomic mass is 10.1. The molecule has 1 rings (SSSR count). The third-order valence-corrected chi connectivity index (χ3v) is 3.75. The molecule has 0 aliphatic carbocycles. The standard InChI is InChI=1S/C12H17BrN2S2/c1-17-7-3-2-6-15-11-5-4-9(13)8-10(11)12(14)16/h4-5,8,15H,2-3,6-7H2,1H3,(H2,14,16). The van der Waals surface area contributed by atoms with E-state index in [4.69, 9.17) is 18.0 Å². The van der Waals surface area contributed by atoms with Gasteiger partial charge < -0.3 is 11.1 Å². The molecule has 0 radical (unpaired) electrons. The molecule has 0 unspecified atom stereocenters. The van der Waals surface area contributed by atoms with E-state index in [1.807, 2.05) is 30.0 Å². The van der Waals surface area contributed by atoms with Crippen LogP contribution < -0.4 is 11.1 Å². The van der Waals surface area contributed by atoms with Gasteiger partial charge in [0, 0.05) is 22.3 Å². The van der Waals surface area contributed by atoms with Gasteiger partial charge in [0.15, 0.2) is 0 Å². The lowest BCUT2D eigenvalue weighted by Crippen LogP contribution is -2.14. The van der Waals surface area contributed by atoms with E-state index in [0.717, 1.165) is 28.7 Å². The van der Waals surface area contributed by atoms with Gasteiger partial charge in [0.25, 0.3) is 0 Å². The number of unbranched alkanes of at least 4 members (excludes halogenated alkanes) is 1. The minimum absolute atomic E-state index is 0.429. The van der Waals surface area contributed by atoms with Crippen molar-refractivity contribution in [2.75, 3.05) is 23.9 Å². The molecule has 0 spiro atoms. The molecule has 1 aromatic carbocycles. The number of hydrogen-bond donors (Lipinski definition) is 2. The summed E-state index contributed by atoms with van der Waals surface area (Å²) in [7, 11) is 0. The summed E-state index contributed by atoms with van der Waals surface area (Å²) in [4.78, 5) is 0.429. The quantitative estimate of drug-likeness (QED) is 0.590. The molecule has 0 bridgehead atoms. The number of rotatable bonds is 7. The van der Waals surface area contributed by atoms with E-state index in [9.17, 15) is 0 Å². The summed E-state index contributed by atoms with van der Waals surface area (Å²) in [5.41, 5.74) is 7.62. The highest BCUT2D eigenvalue weighted by atomic mass is 79.9. The minimum atomic E-state index is 0.429. The Kier molecular flexibility index (Phi) is 6.92. The van der Waals surface area contributed by atoms with E-state index >= 15 is 0 Å². The topological polar surface area (TPSA) is 38.0 Å². The van der Waals surface area contributed by atoms with Gasteiger partial charge in [0.05, 0.1) is 0 Å². The predicted molar refractivity (Wildman–Crippen MR) is 86.1 cm³/mol. The maximum atomic E-state index is 5.70. The Hall–Kier alpha value is -0.260. The molecule has 5 heteroatoms. The number of nitrogens with one attached hydrogen (secondary N) is 1. The molecule has 94 valence electrons. The van der Waals surface area contributed by atoms with Gasteiger partial charge in [-0.25, -0.2) is 0 Å². The van der Waals surface area contributed by atoms with E-state index in [2.05, 4.69) is 27.5 Å². The number of hydrogen-bond acceptors (Lipinski definition) is 3. The molecule has 1 aromatic rings. The molecule has 0 atom stereocenters. The van der Waals surface area contributed by atoms with Crippen LogP contribution in [0.4, 0.5) is 5.69 Å². The minimum Gasteiger partial charge on any atom is -0.389 e. The Balaban J connectivity index is 2.55. The van der Waals surface area contributed by atoms with Gasteiger partial charge in [-0.15, -0.1) is 0 Å². The van der Waals surface area contributed by atoms with Crippen molar-refractivity contribution in [2.24, 2.45) is 5.73 Å². The fourth-order valence-electron chi connectivity index (χ4n) is 1.47. The summed E-state index contributed by atoms with van der Waals surface area (Å²) in [6.07, 6.45) is 4.52. The van der Waals surface area contributed by atoms with Gasteiger partial charge in [-0.2, -0.15) is 11.8 Å². The van der Waals surface area contributed by atoms with Gasteiger partial charge in [0.1, 0.15) is 4.99 Å². The van der Waals surface area contributed by atoms with Gasteiger partial charge >= 0.3 is 0 Å². The van der Waals surface area contributed by atoms with Crippen molar-refractivity contribution in [3.05, 3.63) is 28.2 Å². The smallest absolute Gasteiger partial charge is 0.106 e. The highest BCUT2D eigenvalue weighted by Crippen LogP contribution is 2.21. The largest absolute Gasteiger partial charge is 0.389 e. The Labute approximate surface area is 121 Å². The summed E-state index contributed by atoms with van der Waals surface area (Å²) in [5, 5.41) is 3.38. The highest BCUT2D eigenvalue weighted by Gasteiger charge is 2.05. The SMILES string of the molecule is CSCCCCNc1ccc(Br)cc1C(N)=S. The van der Waals surface area contributed by atoms with E-state index < -0.39 is 0 Å². The fraction of sp³-hybridized carbons (Fsp3) is 0.417. The zero-order valence-electron chi connectivity index (χ0n) is 9.83. The van der Waals surface area contributed by atoms with E-state index in [1.54, 1.807) is 0 Å². The van der Waals surface area contributed by atoms with Crippen LogP contribution in [0.3, 0.4) is 0 Å². The Bertz CT molecular complexity index is 383. The average Bonchev–Trinajstić information content (AvgIpc) is 2.30. The van der Waals surface area contributed by atoms with Crippen LogP contribution in [0.5, 0.6) is 0 Å². The number of thiocarbonyl (C=S) groups is 1. The molecule has 0 aliphatic heterocycles. The molecular formula is C12H17BrN2S2. The lowest BCUT2D eigenvalue weighted by Gasteiger charge is -2.11. The molecule has 0 fully saturated rings. The second kappa shape index (κ2) is 7.95. The van der Waals surface area contributed by atoms with Crippen LogP contribution in [0.25, 0.3) is 0 Å². The summed E-state index contributed by atoms with van der Waals surface area (Å²) < 4.78 is 0.994. The maximum absolute atomic E-state index is 5.70. The van der Waals surface area contributed by atoms with Crippen molar-refractivity contribution in [3.8, 4) is 0 Å². The number of thioether (sulfide) groups is 1. The zero-order chi connectivity index (χ0) is 12.7. The second-order valence-corrected chi connectivity index (χ2v) is 6.02. The molecule has 0 heterocycles. The Morgan fingerprint density at radius 2 is 2.24 bits per heavy atom. The van der Waals surface area contributed by atoms with Gasteiger partial charge in [-0.05, 0) is 43.0 Å². The molecule has 17 heavy (non-hydrogen) atoms. The molecule has 3 N–H and O–H groups in total. The summed E-state index contributed by atoms with van der Waals surface area (Å²) in [6, 6.07) is 5.95. The predicted octanol–water partition coefficient (Wildman–Crippen LogP) is 3.64. The monoisotopic (exact) mass is 332 g/mol. The van der Waals surface area contributed by atoms with Crippen LogP contribution in [-0.2, 0) is 0 Å². The third-order valence-electron chi connectivity index (χ3n) is 2.34. The van der Waals surface area contributed by atoms with Crippen molar-refractivity contribution in [3.63, 3.8) is 0 Å². The molecule has 0 saturated heterocycles. The van der Waals surface area contributed by atoms with Crippen molar-refractivity contribution in [1.29, 1.82) is 0 Å². The van der Waals surface area contributed by atoms with Crippen LogP contribution in [0, 0.1) is 0 Å². The summed E-state index contributed by atoms with van der Waals surface area (Å²) in [6.45, 7) is 0.956. The number of halogens is 1. The lowest BCUT2D eigenvalue weighted by molar-refractivity contribution is 0.843. The summed E-state index contributed by atoms with van der Waals surface area (Å²) in [5.74, 6) is 1.21. The second-order valence-electron chi connectivity index (χ2n) is 3.68. The Morgan fingerprint density at radius 1 is 1.47 bits per heavy atom. The van der Waals surface area contributed by atoms with Gasteiger partial charge in [0.2, 0.25) is 0 Å². The normalized spacial score (nSPS) is 10.2. The first-order valence-electron chi connectivity index (χ1n) is 5.47. The number of benzene rings is 1. The zero-order valence-corrected chi connectivity index (χ0v) is 13.1. The van der Waals surface area contributed by atoms with Crippen molar-refractivity contribution in [1.82, 2.24) is 0 Å². The first-order valence-corrected chi connectivity index (χ1v) is 8.07. The third kappa shape index (κ3) is 5.27. The maximum Gasteiger partial charge on any atom is 0.106 e. The van der Waals surface area contributed by atoms with Crippen LogP contribution in [0.15, 0.2) is 22.7 Å². The first kappa shape index (κ1) is 14.8. The molecule has 0 aliphatic rings. The van der Waals surface area contributed by atoms with Gasteiger partial charge in [-0.3, -0.25) is 0 Å². The van der Waals surface area contributed by atoms with Crippen molar-refractivity contribution < 1.29 is 0 Å².